The zero-order valence-electron chi connectivity index (χ0n) is 16.4. The number of piperazine rings is 1. The molecular formula is C20H25ClN4O3S. The van der Waals surface area contributed by atoms with Gasteiger partial charge in [-0.05, 0) is 31.0 Å². The van der Waals surface area contributed by atoms with Crippen molar-refractivity contribution >= 4 is 27.3 Å². The largest absolute Gasteiger partial charge is 0.336 e. The molecule has 1 atom stereocenters. The lowest BCUT2D eigenvalue weighted by Gasteiger charge is -2.37. The number of hydrogen-bond acceptors (Lipinski definition) is 5. The van der Waals surface area contributed by atoms with Crippen molar-refractivity contribution in [1.29, 1.82) is 0 Å². The summed E-state index contributed by atoms with van der Waals surface area (Å²) < 4.78 is 25.3. The van der Waals surface area contributed by atoms with Crippen LogP contribution in [0.5, 0.6) is 0 Å². The van der Waals surface area contributed by atoms with Crippen molar-refractivity contribution in [3.05, 3.63) is 46.7 Å². The third kappa shape index (κ3) is 4.20. The first-order valence-corrected chi connectivity index (χ1v) is 12.1. The van der Waals surface area contributed by atoms with E-state index in [9.17, 15) is 13.2 Å². The monoisotopic (exact) mass is 436 g/mol. The highest BCUT2D eigenvalue weighted by atomic mass is 35.5. The van der Waals surface area contributed by atoms with E-state index in [0.29, 0.717) is 49.6 Å². The normalized spacial score (nSPS) is 22.1. The number of hydrogen-bond donors (Lipinski definition) is 0. The summed E-state index contributed by atoms with van der Waals surface area (Å²) in [5, 5.41) is 5.06. The molecule has 2 fully saturated rings. The molecule has 9 heteroatoms. The number of rotatable bonds is 4. The molecule has 0 N–H and O–H groups in total. The third-order valence-corrected chi connectivity index (χ3v) is 7.80. The van der Waals surface area contributed by atoms with Crippen LogP contribution in [0.4, 0.5) is 0 Å². The zero-order chi connectivity index (χ0) is 20.6. The van der Waals surface area contributed by atoms with Gasteiger partial charge in [0.25, 0.3) is 5.91 Å². The van der Waals surface area contributed by atoms with Crippen molar-refractivity contribution in [3.63, 3.8) is 0 Å². The number of halogens is 1. The summed E-state index contributed by atoms with van der Waals surface area (Å²) in [6.07, 6.45) is 3.01. The first kappa shape index (κ1) is 20.4. The summed E-state index contributed by atoms with van der Waals surface area (Å²) in [6, 6.07) is 7.51. The van der Waals surface area contributed by atoms with Crippen molar-refractivity contribution in [2.24, 2.45) is 0 Å². The average Bonchev–Trinajstić information content (AvgIpc) is 3.30. The Morgan fingerprint density at radius 2 is 2.00 bits per heavy atom. The molecule has 2 aliphatic heterocycles. The van der Waals surface area contributed by atoms with Gasteiger partial charge in [-0.2, -0.15) is 5.10 Å². The van der Waals surface area contributed by atoms with Crippen LogP contribution in [0.3, 0.4) is 0 Å². The van der Waals surface area contributed by atoms with Crippen molar-refractivity contribution in [2.75, 3.05) is 37.7 Å². The number of benzene rings is 1. The number of amides is 1. The van der Waals surface area contributed by atoms with Gasteiger partial charge in [0.05, 0.1) is 34.6 Å². The van der Waals surface area contributed by atoms with Crippen molar-refractivity contribution < 1.29 is 13.2 Å². The van der Waals surface area contributed by atoms with Crippen LogP contribution in [0.2, 0.25) is 5.02 Å². The van der Waals surface area contributed by atoms with Gasteiger partial charge in [-0.3, -0.25) is 9.69 Å². The third-order valence-electron chi connectivity index (χ3n) is 5.81. The minimum atomic E-state index is -2.90. The summed E-state index contributed by atoms with van der Waals surface area (Å²) in [5.41, 5.74) is 2.31. The molecular weight excluding hydrogens is 412 g/mol. The second-order valence-corrected chi connectivity index (χ2v) is 10.3. The van der Waals surface area contributed by atoms with Gasteiger partial charge in [0.1, 0.15) is 0 Å². The molecule has 0 spiro atoms. The number of carbonyl (C=O) groups is 1. The topological polar surface area (TPSA) is 75.5 Å². The van der Waals surface area contributed by atoms with E-state index in [2.05, 4.69) is 10.00 Å². The molecule has 2 saturated heterocycles. The van der Waals surface area contributed by atoms with Crippen LogP contribution in [-0.2, 0) is 16.3 Å². The molecule has 1 aromatic heterocycles. The van der Waals surface area contributed by atoms with Gasteiger partial charge in [0.15, 0.2) is 9.84 Å². The van der Waals surface area contributed by atoms with Crippen molar-refractivity contribution in [3.8, 4) is 5.69 Å². The molecule has 0 aliphatic carbocycles. The van der Waals surface area contributed by atoms with E-state index in [4.69, 9.17) is 11.6 Å². The first-order chi connectivity index (χ1) is 13.9. The van der Waals surface area contributed by atoms with Crippen LogP contribution in [0.1, 0.15) is 29.4 Å². The lowest BCUT2D eigenvalue weighted by molar-refractivity contribution is 0.0587. The van der Waals surface area contributed by atoms with Gasteiger partial charge in [0, 0.05) is 37.2 Å². The summed E-state index contributed by atoms with van der Waals surface area (Å²) in [6.45, 7) is 4.61. The highest BCUT2D eigenvalue weighted by Crippen LogP contribution is 2.22. The van der Waals surface area contributed by atoms with Gasteiger partial charge in [-0.25, -0.2) is 13.1 Å². The lowest BCUT2D eigenvalue weighted by Crippen LogP contribution is -2.52. The van der Waals surface area contributed by atoms with Crippen LogP contribution >= 0.6 is 11.6 Å². The Bertz CT molecular complexity index is 1010. The summed E-state index contributed by atoms with van der Waals surface area (Å²) in [7, 11) is -2.90. The maximum Gasteiger partial charge on any atom is 0.257 e. The number of aromatic nitrogens is 2. The van der Waals surface area contributed by atoms with Gasteiger partial charge in [-0.1, -0.05) is 24.6 Å². The van der Waals surface area contributed by atoms with Crippen LogP contribution in [0.25, 0.3) is 5.69 Å². The van der Waals surface area contributed by atoms with Crippen LogP contribution < -0.4 is 0 Å². The number of sulfone groups is 1. The first-order valence-electron chi connectivity index (χ1n) is 9.94. The molecule has 1 amide bonds. The quantitative estimate of drug-likeness (QED) is 0.733. The SMILES string of the molecule is CCc1c(C(=O)N2CCN(C3CCS(=O)(=O)C3)CC2)cnn1-c1cccc(Cl)c1. The van der Waals surface area contributed by atoms with E-state index in [1.54, 1.807) is 16.9 Å². The van der Waals surface area contributed by atoms with E-state index < -0.39 is 9.84 Å². The van der Waals surface area contributed by atoms with E-state index in [1.165, 1.54) is 0 Å². The van der Waals surface area contributed by atoms with Crippen molar-refractivity contribution in [1.82, 2.24) is 19.6 Å². The van der Waals surface area contributed by atoms with Gasteiger partial charge < -0.3 is 4.90 Å². The summed E-state index contributed by atoms with van der Waals surface area (Å²) in [4.78, 5) is 17.2. The van der Waals surface area contributed by atoms with Gasteiger partial charge >= 0.3 is 0 Å². The molecule has 2 aromatic rings. The van der Waals surface area contributed by atoms with E-state index >= 15 is 0 Å². The Morgan fingerprint density at radius 1 is 1.24 bits per heavy atom. The number of nitrogens with zero attached hydrogens (tertiary/aromatic N) is 4. The van der Waals surface area contributed by atoms with Crippen LogP contribution in [-0.4, -0.2) is 77.6 Å². The highest BCUT2D eigenvalue weighted by Gasteiger charge is 2.35. The minimum absolute atomic E-state index is 0.0196. The van der Waals surface area contributed by atoms with Gasteiger partial charge in [0.2, 0.25) is 0 Å². The fourth-order valence-electron chi connectivity index (χ4n) is 4.25. The molecule has 3 heterocycles. The molecule has 0 saturated carbocycles. The highest BCUT2D eigenvalue weighted by molar-refractivity contribution is 7.91. The Morgan fingerprint density at radius 3 is 2.62 bits per heavy atom. The standard InChI is InChI=1S/C20H25ClN4O3S/c1-2-19-18(13-22-25(19)16-5-3-4-15(21)12-16)20(26)24-9-7-23(8-10-24)17-6-11-29(27,28)14-17/h3-5,12-13,17H,2,6-11,14H2,1H3. The van der Waals surface area contributed by atoms with Crippen molar-refractivity contribution in [2.45, 2.75) is 25.8 Å². The van der Waals surface area contributed by atoms with Crippen LogP contribution in [0, 0.1) is 0 Å². The second kappa shape index (κ2) is 8.08. The predicted molar refractivity (Wildman–Crippen MR) is 112 cm³/mol. The average molecular weight is 437 g/mol. The fraction of sp³-hybridized carbons (Fsp3) is 0.500. The summed E-state index contributed by atoms with van der Waals surface area (Å²) >= 11 is 6.11. The predicted octanol–water partition coefficient (Wildman–Crippen LogP) is 2.03. The molecule has 0 bridgehead atoms. The molecule has 156 valence electrons. The molecule has 1 aromatic carbocycles. The minimum Gasteiger partial charge on any atom is -0.336 e. The Hall–Kier alpha value is -1.90. The fourth-order valence-corrected chi connectivity index (χ4v) is 6.19. The number of carbonyl (C=O) groups excluding carboxylic acids is 1. The zero-order valence-corrected chi connectivity index (χ0v) is 18.0. The molecule has 2 aliphatic rings. The molecule has 0 radical (unpaired) electrons. The maximum atomic E-state index is 13.2. The summed E-state index contributed by atoms with van der Waals surface area (Å²) in [5.74, 6) is 0.501. The van der Waals surface area contributed by atoms with Crippen LogP contribution in [0.15, 0.2) is 30.5 Å². The lowest BCUT2D eigenvalue weighted by atomic mass is 10.1. The molecule has 4 rings (SSSR count). The van der Waals surface area contributed by atoms with E-state index in [-0.39, 0.29) is 23.5 Å². The maximum absolute atomic E-state index is 13.2. The van der Waals surface area contributed by atoms with Gasteiger partial charge in [-0.15, -0.1) is 0 Å². The smallest absolute Gasteiger partial charge is 0.257 e. The Balaban J connectivity index is 1.47. The van der Waals surface area contributed by atoms with E-state index in [1.807, 2.05) is 30.0 Å². The molecule has 7 nitrogen and oxygen atoms in total. The Kier molecular flexibility index (Phi) is 5.68. The molecule has 1 unspecified atom stereocenters. The second-order valence-electron chi connectivity index (χ2n) is 7.64. The van der Waals surface area contributed by atoms with E-state index in [0.717, 1.165) is 11.4 Å². The Labute approximate surface area is 176 Å². The molecule has 29 heavy (non-hydrogen) atoms.